The lowest BCUT2D eigenvalue weighted by molar-refractivity contribution is -0.0535. The molecule has 0 saturated carbocycles. The van der Waals surface area contributed by atoms with Crippen LogP contribution in [0.3, 0.4) is 0 Å². The maximum Gasteiger partial charge on any atom is 0.167 e. The van der Waals surface area contributed by atoms with Gasteiger partial charge in [0.2, 0.25) is 0 Å². The first-order chi connectivity index (χ1) is 12.2. The number of nitrogens with one attached hydrogen (secondary N) is 1. The van der Waals surface area contributed by atoms with Crippen molar-refractivity contribution in [1.29, 1.82) is 0 Å². The van der Waals surface area contributed by atoms with Gasteiger partial charge in [-0.25, -0.2) is 15.0 Å². The number of anilines is 1. The first-order valence-electron chi connectivity index (χ1n) is 8.22. The van der Waals surface area contributed by atoms with Gasteiger partial charge in [0.05, 0.1) is 25.6 Å². The minimum Gasteiger partial charge on any atom is -0.394 e. The highest BCUT2D eigenvalue weighted by atomic mass is 16.6. The Morgan fingerprint density at radius 2 is 2.28 bits per heavy atom. The number of aliphatic hydroxyl groups excluding tert-OH is 2. The summed E-state index contributed by atoms with van der Waals surface area (Å²) in [6.07, 6.45) is 0.969. The quantitative estimate of drug-likeness (QED) is 0.641. The molecule has 0 bridgehead atoms. The molecule has 10 nitrogen and oxygen atoms in total. The van der Waals surface area contributed by atoms with Crippen LogP contribution in [0.15, 0.2) is 12.7 Å². The van der Waals surface area contributed by atoms with Crippen molar-refractivity contribution in [2.75, 3.05) is 32.2 Å². The van der Waals surface area contributed by atoms with Gasteiger partial charge in [0, 0.05) is 13.7 Å². The predicted octanol–water partition coefficient (Wildman–Crippen LogP) is -0.707. The molecule has 4 rings (SSSR count). The van der Waals surface area contributed by atoms with Crippen LogP contribution in [0.2, 0.25) is 0 Å². The van der Waals surface area contributed by atoms with Gasteiger partial charge in [0.15, 0.2) is 23.2 Å². The van der Waals surface area contributed by atoms with Crippen molar-refractivity contribution in [3.63, 3.8) is 0 Å². The number of ether oxygens (including phenoxy) is 3. The molecule has 0 aliphatic carbocycles. The minimum atomic E-state index is -0.950. The summed E-state index contributed by atoms with van der Waals surface area (Å²) in [5, 5.41) is 23.2. The Hall–Kier alpha value is -1.85. The molecule has 0 aromatic carbocycles. The van der Waals surface area contributed by atoms with E-state index in [9.17, 15) is 10.2 Å². The van der Waals surface area contributed by atoms with Gasteiger partial charge >= 0.3 is 0 Å². The Morgan fingerprint density at radius 3 is 2.96 bits per heavy atom. The second kappa shape index (κ2) is 6.81. The standard InChI is InChI=1S/C15H21N5O5/c1-23-12-9(4-21)25-15(11(12)22)20-7-18-10-13(16-6-17-14(10)20)19-8-2-3-24-5-8/h6-9,11-12,15,21-22H,2-5H2,1H3,(H,16,17,19). The van der Waals surface area contributed by atoms with Crippen molar-refractivity contribution in [3.05, 3.63) is 12.7 Å². The molecule has 5 unspecified atom stereocenters. The van der Waals surface area contributed by atoms with Crippen molar-refractivity contribution in [2.45, 2.75) is 37.0 Å². The second-order valence-electron chi connectivity index (χ2n) is 6.19. The number of fused-ring (bicyclic) bond motifs is 1. The van der Waals surface area contributed by atoms with E-state index in [-0.39, 0.29) is 12.6 Å². The Labute approximate surface area is 143 Å². The van der Waals surface area contributed by atoms with Crippen molar-refractivity contribution in [2.24, 2.45) is 0 Å². The molecule has 136 valence electrons. The maximum absolute atomic E-state index is 10.5. The molecular formula is C15H21N5O5. The topological polar surface area (TPSA) is 124 Å². The van der Waals surface area contributed by atoms with Crippen LogP contribution >= 0.6 is 0 Å². The number of hydrogen-bond acceptors (Lipinski definition) is 9. The zero-order valence-electron chi connectivity index (χ0n) is 13.8. The van der Waals surface area contributed by atoms with E-state index in [1.807, 2.05) is 0 Å². The lowest BCUT2D eigenvalue weighted by Gasteiger charge is -2.18. The van der Waals surface area contributed by atoms with Gasteiger partial charge < -0.3 is 29.7 Å². The molecule has 2 fully saturated rings. The van der Waals surface area contributed by atoms with Crippen molar-refractivity contribution in [1.82, 2.24) is 19.5 Å². The molecule has 0 radical (unpaired) electrons. The van der Waals surface area contributed by atoms with E-state index < -0.39 is 24.5 Å². The molecule has 10 heteroatoms. The van der Waals surface area contributed by atoms with Crippen LogP contribution in [0.5, 0.6) is 0 Å². The third kappa shape index (κ3) is 2.85. The van der Waals surface area contributed by atoms with Gasteiger partial charge in [-0.05, 0) is 6.42 Å². The van der Waals surface area contributed by atoms with Gasteiger partial charge in [0.1, 0.15) is 24.6 Å². The molecule has 2 aliphatic rings. The summed E-state index contributed by atoms with van der Waals surface area (Å²) in [5.74, 6) is 0.619. The molecule has 2 aromatic rings. The zero-order chi connectivity index (χ0) is 17.4. The number of nitrogens with zero attached hydrogens (tertiary/aromatic N) is 4. The molecule has 0 amide bonds. The summed E-state index contributed by atoms with van der Waals surface area (Å²) in [6, 6.07) is 0.188. The first kappa shape index (κ1) is 16.6. The Bertz CT molecular complexity index is 734. The predicted molar refractivity (Wildman–Crippen MR) is 86.0 cm³/mol. The Balaban J connectivity index is 1.65. The molecule has 2 saturated heterocycles. The second-order valence-corrected chi connectivity index (χ2v) is 6.19. The smallest absolute Gasteiger partial charge is 0.167 e. The van der Waals surface area contributed by atoms with Crippen molar-refractivity contribution < 1.29 is 24.4 Å². The molecule has 5 atom stereocenters. The number of methoxy groups -OCH3 is 1. The fourth-order valence-electron chi connectivity index (χ4n) is 3.37. The van der Waals surface area contributed by atoms with E-state index in [0.717, 1.165) is 13.0 Å². The average Bonchev–Trinajstić information content (AvgIpc) is 3.33. The largest absolute Gasteiger partial charge is 0.394 e. The van der Waals surface area contributed by atoms with E-state index >= 15 is 0 Å². The summed E-state index contributed by atoms with van der Waals surface area (Å²) in [5.41, 5.74) is 1.13. The lowest BCUT2D eigenvalue weighted by Crippen LogP contribution is -2.35. The van der Waals surface area contributed by atoms with E-state index in [1.54, 1.807) is 10.9 Å². The SMILES string of the molecule is COC1C(CO)OC(n2cnc3c(NC4CCOC4)ncnc32)C1O. The van der Waals surface area contributed by atoms with E-state index in [0.29, 0.717) is 23.6 Å². The highest BCUT2D eigenvalue weighted by Gasteiger charge is 2.45. The summed E-state index contributed by atoms with van der Waals surface area (Å²) in [4.78, 5) is 12.9. The van der Waals surface area contributed by atoms with Gasteiger partial charge in [-0.2, -0.15) is 0 Å². The zero-order valence-corrected chi connectivity index (χ0v) is 13.8. The third-order valence-corrected chi connectivity index (χ3v) is 4.66. The summed E-state index contributed by atoms with van der Waals surface area (Å²) >= 11 is 0. The van der Waals surface area contributed by atoms with Crippen LogP contribution in [0.1, 0.15) is 12.6 Å². The van der Waals surface area contributed by atoms with Crippen molar-refractivity contribution >= 4 is 17.0 Å². The van der Waals surface area contributed by atoms with Gasteiger partial charge in [-0.15, -0.1) is 0 Å². The van der Waals surface area contributed by atoms with Crippen LogP contribution in [0, 0.1) is 0 Å². The normalized spacial score (nSPS) is 32.5. The van der Waals surface area contributed by atoms with Crippen molar-refractivity contribution in [3.8, 4) is 0 Å². The molecule has 25 heavy (non-hydrogen) atoms. The number of imidazole rings is 1. The number of aromatic nitrogens is 4. The monoisotopic (exact) mass is 351 g/mol. The van der Waals surface area contributed by atoms with Crippen LogP contribution in [0.25, 0.3) is 11.2 Å². The lowest BCUT2D eigenvalue weighted by atomic mass is 10.1. The minimum absolute atomic E-state index is 0.188. The summed E-state index contributed by atoms with van der Waals surface area (Å²) < 4.78 is 18.0. The fourth-order valence-corrected chi connectivity index (χ4v) is 3.37. The van der Waals surface area contributed by atoms with Gasteiger partial charge in [-0.1, -0.05) is 0 Å². The van der Waals surface area contributed by atoms with E-state index in [2.05, 4.69) is 20.3 Å². The van der Waals surface area contributed by atoms with Crippen LogP contribution in [-0.2, 0) is 14.2 Å². The molecule has 0 spiro atoms. The van der Waals surface area contributed by atoms with Crippen LogP contribution in [-0.4, -0.2) is 81.0 Å². The maximum atomic E-state index is 10.5. The number of rotatable bonds is 5. The van der Waals surface area contributed by atoms with Crippen LogP contribution < -0.4 is 5.32 Å². The van der Waals surface area contributed by atoms with E-state index in [4.69, 9.17) is 14.2 Å². The van der Waals surface area contributed by atoms with Gasteiger partial charge in [0.25, 0.3) is 0 Å². The Morgan fingerprint density at radius 1 is 1.40 bits per heavy atom. The molecule has 4 heterocycles. The fraction of sp³-hybridized carbons (Fsp3) is 0.667. The molecule has 2 aromatic heterocycles. The summed E-state index contributed by atoms with van der Waals surface area (Å²) in [7, 11) is 1.47. The average molecular weight is 351 g/mol. The van der Waals surface area contributed by atoms with Gasteiger partial charge in [-0.3, -0.25) is 4.57 Å². The highest BCUT2D eigenvalue weighted by molar-refractivity contribution is 5.82. The Kier molecular flexibility index (Phi) is 4.52. The third-order valence-electron chi connectivity index (χ3n) is 4.66. The first-order valence-corrected chi connectivity index (χ1v) is 8.22. The molecule has 3 N–H and O–H groups in total. The van der Waals surface area contributed by atoms with E-state index in [1.165, 1.54) is 13.4 Å². The number of aliphatic hydroxyl groups is 2. The number of hydrogen-bond donors (Lipinski definition) is 3. The summed E-state index contributed by atoms with van der Waals surface area (Å²) in [6.45, 7) is 1.11. The molecular weight excluding hydrogens is 330 g/mol. The highest BCUT2D eigenvalue weighted by Crippen LogP contribution is 2.33. The van der Waals surface area contributed by atoms with Crippen LogP contribution in [0.4, 0.5) is 5.82 Å². The molecule has 2 aliphatic heterocycles.